The van der Waals surface area contributed by atoms with Gasteiger partial charge in [-0.25, -0.2) is 9.97 Å². The molecule has 2 aromatic heterocycles. The lowest BCUT2D eigenvalue weighted by molar-refractivity contribution is -0.132. The minimum Gasteiger partial charge on any atom is -0.484 e. The highest BCUT2D eigenvalue weighted by Crippen LogP contribution is 2.55. The summed E-state index contributed by atoms with van der Waals surface area (Å²) in [5.74, 6) is 2.09. The minimum absolute atomic E-state index is 0.00111. The lowest BCUT2D eigenvalue weighted by atomic mass is 10.1. The Hall–Kier alpha value is -2.37. The molecule has 1 saturated carbocycles. The molecule has 6 rings (SSSR count). The fourth-order valence-corrected chi connectivity index (χ4v) is 7.15. The van der Waals surface area contributed by atoms with Crippen LogP contribution in [0, 0.1) is 0 Å². The quantitative estimate of drug-likeness (QED) is 0.443. The van der Waals surface area contributed by atoms with Crippen molar-refractivity contribution >= 4 is 50.9 Å². The van der Waals surface area contributed by atoms with E-state index in [1.54, 1.807) is 4.90 Å². The Balaban J connectivity index is 1.33. The highest BCUT2D eigenvalue weighted by molar-refractivity contribution is 8.23. The third-order valence-corrected chi connectivity index (χ3v) is 9.38. The summed E-state index contributed by atoms with van der Waals surface area (Å²) in [5.41, 5.74) is 3.54. The van der Waals surface area contributed by atoms with Crippen LogP contribution in [0.25, 0.3) is 10.7 Å². The van der Waals surface area contributed by atoms with Gasteiger partial charge in [0, 0.05) is 37.0 Å². The first-order chi connectivity index (χ1) is 16.8. The number of hydrogen-bond donors (Lipinski definition) is 2. The van der Waals surface area contributed by atoms with Gasteiger partial charge in [0.2, 0.25) is 0 Å². The van der Waals surface area contributed by atoms with Gasteiger partial charge in [-0.3, -0.25) is 13.9 Å². The maximum absolute atomic E-state index is 12.4. The Labute approximate surface area is 213 Å². The molecule has 0 spiro atoms. The average molecular weight is 533 g/mol. The normalized spacial score (nSPS) is 18.8. The Bertz CT molecular complexity index is 1330. The van der Waals surface area contributed by atoms with Crippen molar-refractivity contribution in [3.8, 4) is 16.5 Å². The van der Waals surface area contributed by atoms with Gasteiger partial charge in [0.25, 0.3) is 5.91 Å². The van der Waals surface area contributed by atoms with E-state index < -0.39 is 10.6 Å². The van der Waals surface area contributed by atoms with Crippen molar-refractivity contribution in [1.82, 2.24) is 14.9 Å². The molecule has 1 aromatic carbocycles. The number of amides is 1. The predicted molar refractivity (Wildman–Crippen MR) is 139 cm³/mol. The fraction of sp³-hybridized carbons (Fsp3) is 0.375. The van der Waals surface area contributed by atoms with Crippen molar-refractivity contribution in [2.75, 3.05) is 25.1 Å². The molecule has 11 heteroatoms. The van der Waals surface area contributed by atoms with Gasteiger partial charge < -0.3 is 14.5 Å². The van der Waals surface area contributed by atoms with Crippen LogP contribution in [0.5, 0.6) is 5.75 Å². The zero-order valence-electron chi connectivity index (χ0n) is 19.1. The van der Waals surface area contributed by atoms with E-state index in [9.17, 15) is 13.9 Å². The number of thiophene rings is 1. The van der Waals surface area contributed by atoms with Gasteiger partial charge in [-0.05, 0) is 43.0 Å². The predicted octanol–water partition coefficient (Wildman–Crippen LogP) is 5.32. The Morgan fingerprint density at radius 1 is 1.26 bits per heavy atom. The lowest BCUT2D eigenvalue weighted by Gasteiger charge is -2.26. The van der Waals surface area contributed by atoms with Crippen LogP contribution in [-0.4, -0.2) is 56.1 Å². The molecular weight excluding hydrogens is 508 g/mol. The summed E-state index contributed by atoms with van der Waals surface area (Å²) in [6, 6.07) is 9.89. The number of halogens is 1. The third-order valence-electron chi connectivity index (χ3n) is 6.67. The van der Waals surface area contributed by atoms with Crippen molar-refractivity contribution in [2.24, 2.45) is 0 Å². The van der Waals surface area contributed by atoms with Crippen LogP contribution in [0.15, 0.2) is 30.3 Å². The number of aromatic nitrogens is 2. The largest absolute Gasteiger partial charge is 0.484 e. The summed E-state index contributed by atoms with van der Waals surface area (Å²) in [6.45, 7) is 0.703. The molecule has 2 aliphatic heterocycles. The van der Waals surface area contributed by atoms with Gasteiger partial charge in [-0.15, -0.1) is 11.3 Å². The smallest absolute Gasteiger partial charge is 0.260 e. The van der Waals surface area contributed by atoms with Crippen LogP contribution in [0.4, 0.5) is 11.5 Å². The van der Waals surface area contributed by atoms with Crippen molar-refractivity contribution in [3.05, 3.63) is 51.5 Å². The van der Waals surface area contributed by atoms with E-state index in [1.165, 1.54) is 11.3 Å². The molecule has 4 heterocycles. The van der Waals surface area contributed by atoms with E-state index in [4.69, 9.17) is 21.3 Å². The highest BCUT2D eigenvalue weighted by atomic mass is 35.5. The van der Waals surface area contributed by atoms with E-state index in [0.29, 0.717) is 40.0 Å². The summed E-state index contributed by atoms with van der Waals surface area (Å²) in [7, 11) is -0.958. The summed E-state index contributed by atoms with van der Waals surface area (Å²) in [6.07, 6.45) is 2.95. The zero-order valence-corrected chi connectivity index (χ0v) is 21.5. The minimum atomic E-state index is -2.78. The molecule has 0 bridgehead atoms. The number of carbonyl (C=O) groups is 1. The van der Waals surface area contributed by atoms with Crippen molar-refractivity contribution in [3.63, 3.8) is 0 Å². The first-order valence-corrected chi connectivity index (χ1v) is 14.5. The van der Waals surface area contributed by atoms with Gasteiger partial charge in [-0.1, -0.05) is 17.7 Å². The van der Waals surface area contributed by atoms with Crippen LogP contribution in [0.1, 0.15) is 29.7 Å². The Morgan fingerprint density at radius 2 is 2.09 bits per heavy atom. The monoisotopic (exact) mass is 532 g/mol. The second-order valence-corrected chi connectivity index (χ2v) is 13.1. The summed E-state index contributed by atoms with van der Waals surface area (Å²) < 4.78 is 27.5. The molecular formula is C24H25ClN4O4S2. The Morgan fingerprint density at radius 3 is 2.83 bits per heavy atom. The van der Waals surface area contributed by atoms with Gasteiger partial charge >= 0.3 is 0 Å². The van der Waals surface area contributed by atoms with Crippen molar-refractivity contribution in [1.29, 1.82) is 0 Å². The highest BCUT2D eigenvalue weighted by Gasteiger charge is 2.35. The summed E-state index contributed by atoms with van der Waals surface area (Å²) in [4.78, 5) is 26.6. The van der Waals surface area contributed by atoms with E-state index in [-0.39, 0.29) is 24.0 Å². The maximum atomic E-state index is 12.4. The number of rotatable bonds is 6. The summed E-state index contributed by atoms with van der Waals surface area (Å²) >= 11 is 7.54. The average Bonchev–Trinajstić information content (AvgIpc) is 3.31. The molecule has 0 saturated heterocycles. The number of ether oxygens (including phenoxy) is 1. The number of hydrogen-bond acceptors (Lipinski definition) is 8. The van der Waals surface area contributed by atoms with Gasteiger partial charge in [0.1, 0.15) is 11.6 Å². The van der Waals surface area contributed by atoms with E-state index >= 15 is 0 Å². The Kier molecular flexibility index (Phi) is 5.69. The molecule has 1 amide bonds. The van der Waals surface area contributed by atoms with Crippen LogP contribution in [0.3, 0.4) is 0 Å². The number of carbonyl (C=O) groups excluding carboxylic acids is 1. The maximum Gasteiger partial charge on any atom is 0.260 e. The molecule has 0 radical (unpaired) electrons. The molecule has 0 unspecified atom stereocenters. The van der Waals surface area contributed by atoms with E-state index in [2.05, 4.69) is 9.88 Å². The number of benzene rings is 1. The molecule has 1 fully saturated rings. The molecule has 8 nitrogen and oxygen atoms in total. The van der Waals surface area contributed by atoms with Crippen LogP contribution >= 0.6 is 33.5 Å². The summed E-state index contributed by atoms with van der Waals surface area (Å²) in [5, 5.41) is 0. The standard InChI is InChI=1S/C24H25ClN4O4S2/c1-28(15-3-4-15)22(30)11-33-16-5-2-14-8-9-29(19(14)10-16)24-17-12-35(31,32)13-18(17)26-23(27-24)20-6-7-21(25)34-20/h2,5-7,10,15,31-32H,3-4,8-9,11-13H2,1H3. The topological polar surface area (TPSA) is 99.0 Å². The van der Waals surface area contributed by atoms with Crippen LogP contribution in [-0.2, 0) is 22.7 Å². The number of fused-ring (bicyclic) bond motifs is 2. The number of likely N-dealkylation sites (N-methyl/N-ethyl adjacent to an activating group) is 1. The van der Waals surface area contributed by atoms with Gasteiger partial charge in [0.15, 0.2) is 12.4 Å². The third kappa shape index (κ3) is 4.49. The molecule has 3 aromatic rings. The zero-order chi connectivity index (χ0) is 24.3. The van der Waals surface area contributed by atoms with Crippen LogP contribution in [0.2, 0.25) is 4.34 Å². The first-order valence-electron chi connectivity index (χ1n) is 11.5. The van der Waals surface area contributed by atoms with Gasteiger partial charge in [0.05, 0.1) is 26.4 Å². The second-order valence-electron chi connectivity index (χ2n) is 9.21. The number of anilines is 2. The van der Waals surface area contributed by atoms with Gasteiger partial charge in [-0.2, -0.15) is 10.6 Å². The second kappa shape index (κ2) is 8.63. The molecule has 35 heavy (non-hydrogen) atoms. The molecule has 2 N–H and O–H groups in total. The molecule has 184 valence electrons. The lowest BCUT2D eigenvalue weighted by Crippen LogP contribution is -2.33. The first kappa shape index (κ1) is 23.1. The van der Waals surface area contributed by atoms with E-state index in [1.807, 2.05) is 37.4 Å². The van der Waals surface area contributed by atoms with Crippen molar-refractivity contribution in [2.45, 2.75) is 36.8 Å². The number of nitrogens with zero attached hydrogens (tertiary/aromatic N) is 4. The SMILES string of the molecule is CN(C(=O)COc1ccc2c(c1)N(c1nc(-c3ccc(Cl)s3)nc3c1CS(O)(O)C3)CC2)C1CC1. The van der Waals surface area contributed by atoms with Crippen molar-refractivity contribution < 1.29 is 18.6 Å². The molecule has 3 aliphatic rings. The molecule has 0 atom stereocenters. The van der Waals surface area contributed by atoms with E-state index in [0.717, 1.165) is 41.0 Å². The van der Waals surface area contributed by atoms with Crippen LogP contribution < -0.4 is 9.64 Å². The molecule has 1 aliphatic carbocycles. The fourth-order valence-electron chi connectivity index (χ4n) is 4.63.